The summed E-state index contributed by atoms with van der Waals surface area (Å²) in [6.45, 7) is 1.92. The number of rotatable bonds is 2. The molecule has 0 heterocycles. The first-order valence-electron chi connectivity index (χ1n) is 5.53. The van der Waals surface area contributed by atoms with Crippen LogP contribution in [0.15, 0.2) is 40.9 Å². The van der Waals surface area contributed by atoms with Gasteiger partial charge in [0.2, 0.25) is 0 Å². The van der Waals surface area contributed by atoms with Crippen molar-refractivity contribution in [2.45, 2.75) is 6.92 Å². The maximum atomic E-state index is 13.1. The second kappa shape index (κ2) is 5.40. The number of benzene rings is 2. The molecule has 0 atom stereocenters. The molecule has 2 N–H and O–H groups in total. The van der Waals surface area contributed by atoms with Crippen molar-refractivity contribution in [2.75, 3.05) is 5.32 Å². The van der Waals surface area contributed by atoms with Crippen LogP contribution in [0.25, 0.3) is 0 Å². The Bertz CT molecular complexity index is 643. The molecule has 0 fully saturated rings. The number of phenols is 1. The number of nitrogens with one attached hydrogen (secondary N) is 1. The molecule has 0 aliphatic rings. The van der Waals surface area contributed by atoms with E-state index in [0.29, 0.717) is 5.56 Å². The second-order valence-electron chi connectivity index (χ2n) is 4.08. The first kappa shape index (κ1) is 13.5. The van der Waals surface area contributed by atoms with Gasteiger partial charge in [-0.25, -0.2) is 4.39 Å². The van der Waals surface area contributed by atoms with Gasteiger partial charge in [-0.2, -0.15) is 0 Å². The summed E-state index contributed by atoms with van der Waals surface area (Å²) in [6, 6.07) is 8.88. The van der Waals surface area contributed by atoms with Crippen molar-refractivity contribution in [3.05, 3.63) is 57.8 Å². The van der Waals surface area contributed by atoms with Gasteiger partial charge in [-0.3, -0.25) is 4.79 Å². The highest BCUT2D eigenvalue weighted by Crippen LogP contribution is 2.21. The number of amides is 1. The van der Waals surface area contributed by atoms with Gasteiger partial charge in [0.1, 0.15) is 0 Å². The van der Waals surface area contributed by atoms with Crippen LogP contribution in [0.5, 0.6) is 5.75 Å². The Labute approximate surface area is 118 Å². The molecule has 3 nitrogen and oxygen atoms in total. The molecule has 98 valence electrons. The van der Waals surface area contributed by atoms with Crippen LogP contribution in [-0.2, 0) is 0 Å². The SMILES string of the molecule is Cc1ccc(C(=O)Nc2ccc(O)c(F)c2)cc1Br. The first-order chi connectivity index (χ1) is 8.97. The van der Waals surface area contributed by atoms with E-state index in [9.17, 15) is 9.18 Å². The lowest BCUT2D eigenvalue weighted by atomic mass is 10.1. The van der Waals surface area contributed by atoms with Crippen LogP contribution in [0.4, 0.5) is 10.1 Å². The number of hydrogen-bond acceptors (Lipinski definition) is 2. The summed E-state index contributed by atoms with van der Waals surface area (Å²) in [7, 11) is 0. The highest BCUT2D eigenvalue weighted by molar-refractivity contribution is 9.10. The van der Waals surface area contributed by atoms with E-state index in [1.165, 1.54) is 12.1 Å². The molecule has 0 aliphatic carbocycles. The van der Waals surface area contributed by atoms with E-state index in [0.717, 1.165) is 16.1 Å². The molecular formula is C14H11BrFNO2. The zero-order valence-electron chi connectivity index (χ0n) is 10.1. The van der Waals surface area contributed by atoms with E-state index in [1.807, 2.05) is 13.0 Å². The van der Waals surface area contributed by atoms with Crippen molar-refractivity contribution in [3.8, 4) is 5.75 Å². The Balaban J connectivity index is 2.20. The first-order valence-corrected chi connectivity index (χ1v) is 6.32. The number of anilines is 1. The van der Waals surface area contributed by atoms with Gasteiger partial charge >= 0.3 is 0 Å². The quantitative estimate of drug-likeness (QED) is 0.824. The lowest BCUT2D eigenvalue weighted by Crippen LogP contribution is -2.12. The fourth-order valence-electron chi connectivity index (χ4n) is 1.52. The Hall–Kier alpha value is -1.88. The van der Waals surface area contributed by atoms with E-state index >= 15 is 0 Å². The van der Waals surface area contributed by atoms with Crippen LogP contribution in [0.3, 0.4) is 0 Å². The van der Waals surface area contributed by atoms with E-state index in [2.05, 4.69) is 21.2 Å². The van der Waals surface area contributed by atoms with Gasteiger partial charge in [0.25, 0.3) is 5.91 Å². The number of carbonyl (C=O) groups excluding carboxylic acids is 1. The summed E-state index contributed by atoms with van der Waals surface area (Å²) >= 11 is 3.35. The van der Waals surface area contributed by atoms with Crippen molar-refractivity contribution in [1.82, 2.24) is 0 Å². The smallest absolute Gasteiger partial charge is 0.255 e. The number of carbonyl (C=O) groups is 1. The van der Waals surface area contributed by atoms with Crippen molar-refractivity contribution >= 4 is 27.5 Å². The molecule has 2 aromatic carbocycles. The highest BCUT2D eigenvalue weighted by atomic mass is 79.9. The standard InChI is InChI=1S/C14H11BrFNO2/c1-8-2-3-9(6-11(8)15)14(19)17-10-4-5-13(18)12(16)7-10/h2-7,18H,1H3,(H,17,19). The lowest BCUT2D eigenvalue weighted by Gasteiger charge is -2.07. The van der Waals surface area contributed by atoms with Gasteiger partial charge in [0, 0.05) is 21.8 Å². The van der Waals surface area contributed by atoms with Gasteiger partial charge in [0.15, 0.2) is 11.6 Å². The number of aryl methyl sites for hydroxylation is 1. The fraction of sp³-hybridized carbons (Fsp3) is 0.0714. The molecule has 19 heavy (non-hydrogen) atoms. The summed E-state index contributed by atoms with van der Waals surface area (Å²) in [5.41, 5.74) is 1.77. The van der Waals surface area contributed by atoms with Gasteiger partial charge in [-0.15, -0.1) is 0 Å². The number of phenolic OH excluding ortho intramolecular Hbond substituents is 1. The largest absolute Gasteiger partial charge is 0.505 e. The van der Waals surface area contributed by atoms with Crippen molar-refractivity contribution in [3.63, 3.8) is 0 Å². The van der Waals surface area contributed by atoms with Crippen LogP contribution in [0.2, 0.25) is 0 Å². The van der Waals surface area contributed by atoms with Crippen molar-refractivity contribution in [2.24, 2.45) is 0 Å². The van der Waals surface area contributed by atoms with E-state index in [1.54, 1.807) is 12.1 Å². The highest BCUT2D eigenvalue weighted by Gasteiger charge is 2.09. The van der Waals surface area contributed by atoms with Gasteiger partial charge in [-0.05, 0) is 36.8 Å². The minimum atomic E-state index is -0.775. The monoisotopic (exact) mass is 323 g/mol. The zero-order chi connectivity index (χ0) is 14.0. The maximum absolute atomic E-state index is 13.1. The third-order valence-corrected chi connectivity index (χ3v) is 3.49. The van der Waals surface area contributed by atoms with Crippen LogP contribution < -0.4 is 5.32 Å². The molecule has 0 unspecified atom stereocenters. The third kappa shape index (κ3) is 3.12. The molecule has 1 amide bonds. The summed E-state index contributed by atoms with van der Waals surface area (Å²) in [5, 5.41) is 11.6. The molecule has 0 radical (unpaired) electrons. The summed E-state index contributed by atoms with van der Waals surface area (Å²) in [5.74, 6) is -1.57. The van der Waals surface area contributed by atoms with Crippen molar-refractivity contribution < 1.29 is 14.3 Å². The molecule has 0 aliphatic heterocycles. The minimum Gasteiger partial charge on any atom is -0.505 e. The molecular weight excluding hydrogens is 313 g/mol. The molecule has 2 aromatic rings. The number of hydrogen-bond donors (Lipinski definition) is 2. The number of halogens is 2. The predicted octanol–water partition coefficient (Wildman–Crippen LogP) is 3.85. The Morgan fingerprint density at radius 1 is 1.26 bits per heavy atom. The van der Waals surface area contributed by atoms with Gasteiger partial charge < -0.3 is 10.4 Å². The predicted molar refractivity (Wildman–Crippen MR) is 74.9 cm³/mol. The topological polar surface area (TPSA) is 49.3 Å². The summed E-state index contributed by atoms with van der Waals surface area (Å²) in [4.78, 5) is 12.0. The van der Waals surface area contributed by atoms with E-state index < -0.39 is 11.6 Å². The van der Waals surface area contributed by atoms with Crippen molar-refractivity contribution in [1.29, 1.82) is 0 Å². The van der Waals surface area contributed by atoms with E-state index in [-0.39, 0.29) is 11.6 Å². The van der Waals surface area contributed by atoms with Crippen LogP contribution in [0.1, 0.15) is 15.9 Å². The third-order valence-electron chi connectivity index (χ3n) is 2.64. The fourth-order valence-corrected chi connectivity index (χ4v) is 1.90. The van der Waals surface area contributed by atoms with Crippen LogP contribution in [0, 0.1) is 12.7 Å². The van der Waals surface area contributed by atoms with Crippen LogP contribution >= 0.6 is 15.9 Å². The Morgan fingerprint density at radius 3 is 2.63 bits per heavy atom. The Morgan fingerprint density at radius 2 is 2.00 bits per heavy atom. The molecule has 5 heteroatoms. The molecule has 2 rings (SSSR count). The lowest BCUT2D eigenvalue weighted by molar-refractivity contribution is 0.102. The molecule has 0 bridgehead atoms. The minimum absolute atomic E-state index is 0.289. The Kier molecular flexibility index (Phi) is 3.85. The average molecular weight is 324 g/mol. The number of aromatic hydroxyl groups is 1. The average Bonchev–Trinajstić information content (AvgIpc) is 2.37. The van der Waals surface area contributed by atoms with Gasteiger partial charge in [0.05, 0.1) is 0 Å². The maximum Gasteiger partial charge on any atom is 0.255 e. The summed E-state index contributed by atoms with van der Waals surface area (Å²) < 4.78 is 14.0. The molecule has 0 aromatic heterocycles. The summed E-state index contributed by atoms with van der Waals surface area (Å²) in [6.07, 6.45) is 0. The second-order valence-corrected chi connectivity index (χ2v) is 4.94. The van der Waals surface area contributed by atoms with E-state index in [4.69, 9.17) is 5.11 Å². The zero-order valence-corrected chi connectivity index (χ0v) is 11.7. The molecule has 0 saturated carbocycles. The molecule has 0 saturated heterocycles. The van der Waals surface area contributed by atoms with Crippen LogP contribution in [-0.4, -0.2) is 11.0 Å². The normalized spacial score (nSPS) is 10.3. The molecule has 0 spiro atoms. The van der Waals surface area contributed by atoms with Gasteiger partial charge in [-0.1, -0.05) is 22.0 Å².